The number of hydrogen-bond donors (Lipinski definition) is 1. The van der Waals surface area contributed by atoms with Gasteiger partial charge in [0.05, 0.1) is 29.4 Å². The second-order valence-corrected chi connectivity index (χ2v) is 14.2. The average Bonchev–Trinajstić information content (AvgIpc) is 2.82. The normalized spacial score (nSPS) is 25.2. The molecule has 0 aromatic heterocycles. The number of carbonyl (C=O) groups excluding carboxylic acids is 1. The third-order valence-electron chi connectivity index (χ3n) is 8.16. The first-order valence-electron chi connectivity index (χ1n) is 13.2. The molecule has 1 saturated heterocycles. The Morgan fingerprint density at radius 1 is 1.11 bits per heavy atom. The predicted molar refractivity (Wildman–Crippen MR) is 150 cm³/mol. The number of nitrogens with zero attached hydrogens (tertiary/aromatic N) is 1. The van der Waals surface area contributed by atoms with Gasteiger partial charge in [-0.2, -0.15) is 0 Å². The lowest BCUT2D eigenvalue weighted by Crippen LogP contribution is -2.57. The van der Waals surface area contributed by atoms with Crippen molar-refractivity contribution in [2.45, 2.75) is 70.4 Å². The average molecular weight is 581 g/mol. The Labute approximate surface area is 235 Å². The van der Waals surface area contributed by atoms with E-state index in [-0.39, 0.29) is 42.1 Å². The summed E-state index contributed by atoms with van der Waals surface area (Å²) in [4.78, 5) is 27.9. The van der Waals surface area contributed by atoms with Crippen LogP contribution in [0, 0.1) is 11.3 Å². The number of rotatable bonds is 10. The minimum Gasteiger partial charge on any atom is -0.481 e. The van der Waals surface area contributed by atoms with Gasteiger partial charge in [0, 0.05) is 22.0 Å². The molecule has 2 fully saturated rings. The second kappa shape index (κ2) is 11.6. The number of sulfone groups is 1. The summed E-state index contributed by atoms with van der Waals surface area (Å²) in [5.74, 6) is -1.55. The number of piperidine rings is 1. The van der Waals surface area contributed by atoms with E-state index in [1.165, 1.54) is 0 Å². The highest BCUT2D eigenvalue weighted by Crippen LogP contribution is 2.52. The molecule has 1 heterocycles. The van der Waals surface area contributed by atoms with E-state index in [4.69, 9.17) is 23.2 Å². The van der Waals surface area contributed by atoms with Crippen molar-refractivity contribution < 1.29 is 23.1 Å². The fourth-order valence-corrected chi connectivity index (χ4v) is 8.55. The molecule has 2 aromatic carbocycles. The van der Waals surface area contributed by atoms with Crippen LogP contribution in [0.2, 0.25) is 10.0 Å². The Bertz CT molecular complexity index is 1280. The van der Waals surface area contributed by atoms with Crippen LogP contribution >= 0.6 is 23.2 Å². The van der Waals surface area contributed by atoms with Crippen molar-refractivity contribution in [1.29, 1.82) is 0 Å². The summed E-state index contributed by atoms with van der Waals surface area (Å²) in [5.41, 5.74) is 0.478. The monoisotopic (exact) mass is 579 g/mol. The number of carboxylic acids is 1. The van der Waals surface area contributed by atoms with Gasteiger partial charge in [0.1, 0.15) is 0 Å². The first-order chi connectivity index (χ1) is 17.9. The van der Waals surface area contributed by atoms with Crippen LogP contribution < -0.4 is 0 Å². The van der Waals surface area contributed by atoms with Crippen LogP contribution in [0.5, 0.6) is 0 Å². The lowest BCUT2D eigenvalue weighted by Gasteiger charge is -2.51. The fraction of sp³-hybridized carbons (Fsp3) is 0.517. The van der Waals surface area contributed by atoms with E-state index in [1.807, 2.05) is 37.3 Å². The largest absolute Gasteiger partial charge is 0.481 e. The van der Waals surface area contributed by atoms with E-state index in [1.54, 1.807) is 30.0 Å². The molecule has 1 N–H and O–H groups in total. The highest BCUT2D eigenvalue weighted by atomic mass is 35.5. The molecule has 206 valence electrons. The molecule has 0 radical (unpaired) electrons. The Balaban J connectivity index is 1.84. The number of aliphatic carboxylic acids is 1. The SMILES string of the molecule is CC[C@@H](CS(=O)(=O)CC1CCC1)N1C(=O)[C@@](C)(CC(=O)O)CC(c2cccc(Cl)c2)[C@H]1c1ccc(Cl)cc1. The quantitative estimate of drug-likeness (QED) is 0.345. The summed E-state index contributed by atoms with van der Waals surface area (Å²) in [6.45, 7) is 3.56. The second-order valence-electron chi connectivity index (χ2n) is 11.1. The number of hydrogen-bond acceptors (Lipinski definition) is 4. The zero-order valence-electron chi connectivity index (χ0n) is 21.8. The van der Waals surface area contributed by atoms with Gasteiger partial charge in [0.2, 0.25) is 5.91 Å². The minimum atomic E-state index is -3.44. The molecule has 0 spiro atoms. The highest BCUT2D eigenvalue weighted by Gasteiger charge is 2.52. The van der Waals surface area contributed by atoms with Crippen molar-refractivity contribution in [2.75, 3.05) is 11.5 Å². The summed E-state index contributed by atoms with van der Waals surface area (Å²) in [5, 5.41) is 10.8. The van der Waals surface area contributed by atoms with Crippen LogP contribution in [0.4, 0.5) is 0 Å². The summed E-state index contributed by atoms with van der Waals surface area (Å²) < 4.78 is 26.6. The molecule has 4 rings (SSSR count). The zero-order valence-corrected chi connectivity index (χ0v) is 24.1. The van der Waals surface area contributed by atoms with E-state index < -0.39 is 33.3 Å². The molecule has 9 heteroatoms. The van der Waals surface area contributed by atoms with Crippen LogP contribution in [0.1, 0.15) is 75.5 Å². The van der Waals surface area contributed by atoms with E-state index in [2.05, 4.69) is 0 Å². The lowest BCUT2D eigenvalue weighted by molar-refractivity contribution is -0.160. The summed E-state index contributed by atoms with van der Waals surface area (Å²) in [6.07, 6.45) is 3.24. The van der Waals surface area contributed by atoms with Crippen molar-refractivity contribution in [2.24, 2.45) is 11.3 Å². The maximum absolute atomic E-state index is 14.3. The topological polar surface area (TPSA) is 91.8 Å². The molecule has 38 heavy (non-hydrogen) atoms. The molecule has 1 saturated carbocycles. The van der Waals surface area contributed by atoms with Gasteiger partial charge in [-0.15, -0.1) is 0 Å². The van der Waals surface area contributed by atoms with Crippen molar-refractivity contribution >= 4 is 44.9 Å². The molecule has 2 aliphatic rings. The highest BCUT2D eigenvalue weighted by molar-refractivity contribution is 7.91. The lowest BCUT2D eigenvalue weighted by atomic mass is 9.67. The standard InChI is InChI=1S/C29H35Cl2NO5S/c1-3-24(18-38(36,37)17-19-6-4-7-19)32-27(20-10-12-22(30)13-11-20)25(21-8-5-9-23(31)14-21)15-29(2,28(32)35)16-26(33)34/h5,8-14,19,24-25,27H,3-4,6-7,15-18H2,1-2H3,(H,33,34)/t24-,25?,27+,29+/m0/s1. The van der Waals surface area contributed by atoms with Crippen molar-refractivity contribution in [3.05, 3.63) is 69.7 Å². The molecule has 1 amide bonds. The van der Waals surface area contributed by atoms with Gasteiger partial charge in [-0.05, 0) is 67.0 Å². The predicted octanol–water partition coefficient (Wildman–Crippen LogP) is 6.53. The molecule has 1 aliphatic heterocycles. The number of halogens is 2. The van der Waals surface area contributed by atoms with E-state index >= 15 is 0 Å². The number of amides is 1. The smallest absolute Gasteiger partial charge is 0.304 e. The number of benzene rings is 2. The van der Waals surface area contributed by atoms with Gasteiger partial charge in [0.25, 0.3) is 0 Å². The Morgan fingerprint density at radius 3 is 2.34 bits per heavy atom. The fourth-order valence-electron chi connectivity index (χ4n) is 6.06. The first-order valence-corrected chi connectivity index (χ1v) is 15.8. The minimum absolute atomic E-state index is 0.126. The summed E-state index contributed by atoms with van der Waals surface area (Å²) in [6, 6.07) is 13.5. The van der Waals surface area contributed by atoms with Crippen LogP contribution in [0.25, 0.3) is 0 Å². The maximum atomic E-state index is 14.3. The molecule has 0 bridgehead atoms. The van der Waals surface area contributed by atoms with E-state index in [9.17, 15) is 23.1 Å². The third kappa shape index (κ3) is 6.37. The Kier molecular flexibility index (Phi) is 8.80. The summed E-state index contributed by atoms with van der Waals surface area (Å²) >= 11 is 12.6. The Morgan fingerprint density at radius 2 is 1.79 bits per heavy atom. The van der Waals surface area contributed by atoms with Crippen molar-refractivity contribution in [1.82, 2.24) is 4.90 Å². The number of carbonyl (C=O) groups is 2. The molecule has 4 atom stereocenters. The molecular formula is C29H35Cl2NO5S. The third-order valence-corrected chi connectivity index (χ3v) is 10.5. The number of carboxylic acid groups (broad SMARTS) is 1. The first kappa shape index (κ1) is 28.9. The van der Waals surface area contributed by atoms with Crippen LogP contribution in [0.3, 0.4) is 0 Å². The molecule has 2 aromatic rings. The van der Waals surface area contributed by atoms with Crippen molar-refractivity contribution in [3.8, 4) is 0 Å². The van der Waals surface area contributed by atoms with Gasteiger partial charge >= 0.3 is 5.97 Å². The molecule has 1 unspecified atom stereocenters. The van der Waals surface area contributed by atoms with Crippen molar-refractivity contribution in [3.63, 3.8) is 0 Å². The molecular weight excluding hydrogens is 545 g/mol. The van der Waals surface area contributed by atoms with Crippen LogP contribution in [-0.2, 0) is 19.4 Å². The van der Waals surface area contributed by atoms with Gasteiger partial charge < -0.3 is 10.0 Å². The van der Waals surface area contributed by atoms with Crippen LogP contribution in [-0.4, -0.2) is 47.8 Å². The Hall–Kier alpha value is -2.09. The van der Waals surface area contributed by atoms with Gasteiger partial charge in [0.15, 0.2) is 9.84 Å². The van der Waals surface area contributed by atoms with Gasteiger partial charge in [-0.3, -0.25) is 9.59 Å². The van der Waals surface area contributed by atoms with Gasteiger partial charge in [-0.1, -0.05) is 67.7 Å². The van der Waals surface area contributed by atoms with E-state index in [0.717, 1.165) is 30.4 Å². The molecule has 6 nitrogen and oxygen atoms in total. The van der Waals surface area contributed by atoms with Gasteiger partial charge in [-0.25, -0.2) is 8.42 Å². The number of likely N-dealkylation sites (tertiary alicyclic amines) is 1. The summed E-state index contributed by atoms with van der Waals surface area (Å²) in [7, 11) is -3.44. The maximum Gasteiger partial charge on any atom is 0.304 e. The zero-order chi connectivity index (χ0) is 27.7. The van der Waals surface area contributed by atoms with E-state index in [0.29, 0.717) is 16.5 Å². The molecule has 1 aliphatic carbocycles. The van der Waals surface area contributed by atoms with Crippen LogP contribution in [0.15, 0.2) is 48.5 Å².